The zero-order valence-electron chi connectivity index (χ0n) is 10.3. The summed E-state index contributed by atoms with van der Waals surface area (Å²) in [6, 6.07) is 0.101. The molecule has 0 aromatic carbocycles. The fourth-order valence-corrected chi connectivity index (χ4v) is 2.22. The molecule has 0 bridgehead atoms. The van der Waals surface area contributed by atoms with E-state index in [0.717, 1.165) is 26.2 Å². The van der Waals surface area contributed by atoms with Gasteiger partial charge in [0.1, 0.15) is 0 Å². The van der Waals surface area contributed by atoms with Crippen molar-refractivity contribution in [1.82, 2.24) is 14.9 Å². The molecular formula is C11H17N5OS. The average Bonchev–Trinajstić information content (AvgIpc) is 2.38. The summed E-state index contributed by atoms with van der Waals surface area (Å²) in [5.41, 5.74) is 5.50. The van der Waals surface area contributed by atoms with Gasteiger partial charge in [0, 0.05) is 38.6 Å². The van der Waals surface area contributed by atoms with E-state index < -0.39 is 0 Å². The van der Waals surface area contributed by atoms with Crippen LogP contribution >= 0.6 is 12.2 Å². The number of aromatic nitrogens is 2. The van der Waals surface area contributed by atoms with Gasteiger partial charge in [0.15, 0.2) is 5.82 Å². The number of thiocarbonyl (C=S) groups is 1. The Bertz CT molecular complexity index is 480. The predicted octanol–water partition coefficient (Wildman–Crippen LogP) is -0.433. The molecule has 2 rings (SSSR count). The number of hydrogen-bond acceptors (Lipinski definition) is 5. The molecule has 18 heavy (non-hydrogen) atoms. The standard InChI is InChI=1S/C11H17N5OS/c1-8(9(12)18)15-4-6-16(7-5-15)10-11(17)14-3-2-13-10/h2-3,8H,4-7H2,1H3,(H2,12,18)(H,14,17). The molecule has 1 aromatic rings. The van der Waals surface area contributed by atoms with Gasteiger partial charge in [-0.25, -0.2) is 4.98 Å². The summed E-state index contributed by atoms with van der Waals surface area (Å²) in [5.74, 6) is 0.486. The lowest BCUT2D eigenvalue weighted by Gasteiger charge is -2.37. The SMILES string of the molecule is CC(C(N)=S)N1CCN(c2ncc[nH]c2=O)CC1. The van der Waals surface area contributed by atoms with Gasteiger partial charge in [0.2, 0.25) is 0 Å². The lowest BCUT2D eigenvalue weighted by Crippen LogP contribution is -2.53. The topological polar surface area (TPSA) is 78.2 Å². The molecule has 98 valence electrons. The maximum atomic E-state index is 11.6. The van der Waals surface area contributed by atoms with Gasteiger partial charge in [-0.05, 0) is 6.92 Å². The van der Waals surface area contributed by atoms with Crippen LogP contribution in [0.4, 0.5) is 5.82 Å². The van der Waals surface area contributed by atoms with Crippen LogP contribution in [0.25, 0.3) is 0 Å². The van der Waals surface area contributed by atoms with Gasteiger partial charge in [0.25, 0.3) is 5.56 Å². The number of aromatic amines is 1. The number of nitrogens with two attached hydrogens (primary N) is 1. The molecule has 2 heterocycles. The van der Waals surface area contributed by atoms with E-state index in [-0.39, 0.29) is 11.6 Å². The summed E-state index contributed by atoms with van der Waals surface area (Å²) in [5, 5.41) is 0. The highest BCUT2D eigenvalue weighted by atomic mass is 32.1. The van der Waals surface area contributed by atoms with Crippen LogP contribution in [0.2, 0.25) is 0 Å². The minimum absolute atomic E-state index is 0.101. The van der Waals surface area contributed by atoms with E-state index in [1.807, 2.05) is 11.8 Å². The molecule has 6 nitrogen and oxygen atoms in total. The van der Waals surface area contributed by atoms with Crippen LogP contribution in [0.5, 0.6) is 0 Å². The number of nitrogens with one attached hydrogen (secondary N) is 1. The summed E-state index contributed by atoms with van der Waals surface area (Å²) in [4.78, 5) is 23.1. The highest BCUT2D eigenvalue weighted by molar-refractivity contribution is 7.80. The molecule has 1 aliphatic rings. The van der Waals surface area contributed by atoms with Gasteiger partial charge < -0.3 is 15.6 Å². The zero-order chi connectivity index (χ0) is 13.1. The summed E-state index contributed by atoms with van der Waals surface area (Å²) < 4.78 is 0. The molecule has 3 N–H and O–H groups in total. The maximum Gasteiger partial charge on any atom is 0.290 e. The van der Waals surface area contributed by atoms with E-state index in [2.05, 4.69) is 14.9 Å². The number of rotatable bonds is 3. The minimum atomic E-state index is -0.145. The molecule has 1 saturated heterocycles. The van der Waals surface area contributed by atoms with Crippen LogP contribution in [0, 0.1) is 0 Å². The molecule has 1 aromatic heterocycles. The van der Waals surface area contributed by atoms with E-state index in [0.29, 0.717) is 10.8 Å². The Morgan fingerprint density at radius 1 is 1.50 bits per heavy atom. The first-order valence-corrected chi connectivity index (χ1v) is 6.32. The second-order valence-corrected chi connectivity index (χ2v) is 4.81. The molecule has 7 heteroatoms. The smallest absolute Gasteiger partial charge is 0.290 e. The highest BCUT2D eigenvalue weighted by Crippen LogP contribution is 2.10. The van der Waals surface area contributed by atoms with Crippen molar-refractivity contribution < 1.29 is 0 Å². The van der Waals surface area contributed by atoms with Gasteiger partial charge in [-0.15, -0.1) is 0 Å². The Balaban J connectivity index is 2.01. The number of anilines is 1. The lowest BCUT2D eigenvalue weighted by atomic mass is 10.2. The largest absolute Gasteiger partial charge is 0.392 e. The second kappa shape index (κ2) is 5.45. The van der Waals surface area contributed by atoms with Crippen LogP contribution in [-0.2, 0) is 0 Å². The van der Waals surface area contributed by atoms with E-state index in [1.165, 1.54) is 6.20 Å². The molecule has 0 saturated carbocycles. The van der Waals surface area contributed by atoms with Crippen molar-refractivity contribution in [2.75, 3.05) is 31.1 Å². The van der Waals surface area contributed by atoms with E-state index in [9.17, 15) is 4.79 Å². The van der Waals surface area contributed by atoms with Crippen molar-refractivity contribution in [3.63, 3.8) is 0 Å². The summed E-state index contributed by atoms with van der Waals surface area (Å²) in [6.45, 7) is 5.18. The predicted molar refractivity (Wildman–Crippen MR) is 74.9 cm³/mol. The molecule has 1 unspecified atom stereocenters. The molecule has 1 atom stereocenters. The molecular weight excluding hydrogens is 250 g/mol. The number of nitrogens with zero attached hydrogens (tertiary/aromatic N) is 3. The molecule has 1 aliphatic heterocycles. The fourth-order valence-electron chi connectivity index (χ4n) is 2.07. The first kappa shape index (κ1) is 13.0. The van der Waals surface area contributed by atoms with Crippen molar-refractivity contribution in [2.24, 2.45) is 5.73 Å². The molecule has 0 spiro atoms. The van der Waals surface area contributed by atoms with E-state index >= 15 is 0 Å². The maximum absolute atomic E-state index is 11.6. The Hall–Kier alpha value is -1.47. The van der Waals surface area contributed by atoms with Crippen molar-refractivity contribution in [2.45, 2.75) is 13.0 Å². The third-order valence-corrected chi connectivity index (χ3v) is 3.60. The number of piperazine rings is 1. The van der Waals surface area contributed by atoms with Gasteiger partial charge in [0.05, 0.1) is 11.0 Å². The van der Waals surface area contributed by atoms with E-state index in [4.69, 9.17) is 18.0 Å². The monoisotopic (exact) mass is 267 g/mol. The van der Waals surface area contributed by atoms with Crippen LogP contribution in [0.1, 0.15) is 6.92 Å². The Kier molecular flexibility index (Phi) is 3.93. The Labute approximate surface area is 111 Å². The normalized spacial score (nSPS) is 18.6. The first-order chi connectivity index (χ1) is 8.59. The third-order valence-electron chi connectivity index (χ3n) is 3.26. The summed E-state index contributed by atoms with van der Waals surface area (Å²) in [6.07, 6.45) is 3.14. The average molecular weight is 267 g/mol. The molecule has 0 radical (unpaired) electrons. The van der Waals surface area contributed by atoms with Gasteiger partial charge in [-0.3, -0.25) is 9.69 Å². The fraction of sp³-hybridized carbons (Fsp3) is 0.545. The number of H-pyrrole nitrogens is 1. The third kappa shape index (κ3) is 2.68. The minimum Gasteiger partial charge on any atom is -0.392 e. The van der Waals surface area contributed by atoms with Crippen molar-refractivity contribution in [3.8, 4) is 0 Å². The second-order valence-electron chi connectivity index (χ2n) is 4.34. The van der Waals surface area contributed by atoms with Crippen molar-refractivity contribution in [3.05, 3.63) is 22.7 Å². The molecule has 0 aliphatic carbocycles. The first-order valence-electron chi connectivity index (χ1n) is 5.91. The quantitative estimate of drug-likeness (QED) is 0.723. The number of hydrogen-bond donors (Lipinski definition) is 2. The van der Waals surface area contributed by atoms with Crippen LogP contribution in [-0.4, -0.2) is 52.1 Å². The lowest BCUT2D eigenvalue weighted by molar-refractivity contribution is 0.238. The van der Waals surface area contributed by atoms with Crippen LogP contribution in [0.15, 0.2) is 17.2 Å². The Morgan fingerprint density at radius 3 is 2.72 bits per heavy atom. The Morgan fingerprint density at radius 2 is 2.17 bits per heavy atom. The van der Waals surface area contributed by atoms with Gasteiger partial charge in [-0.2, -0.15) is 0 Å². The highest BCUT2D eigenvalue weighted by Gasteiger charge is 2.24. The summed E-state index contributed by atoms with van der Waals surface area (Å²) >= 11 is 5.00. The van der Waals surface area contributed by atoms with E-state index in [1.54, 1.807) is 6.20 Å². The van der Waals surface area contributed by atoms with Crippen molar-refractivity contribution >= 4 is 23.0 Å². The summed E-state index contributed by atoms with van der Waals surface area (Å²) in [7, 11) is 0. The molecule has 0 amide bonds. The van der Waals surface area contributed by atoms with Crippen molar-refractivity contribution in [1.29, 1.82) is 0 Å². The molecule has 1 fully saturated rings. The zero-order valence-corrected chi connectivity index (χ0v) is 11.1. The van der Waals surface area contributed by atoms with Gasteiger partial charge >= 0.3 is 0 Å². The van der Waals surface area contributed by atoms with Gasteiger partial charge in [-0.1, -0.05) is 12.2 Å². The van der Waals surface area contributed by atoms with Crippen LogP contribution < -0.4 is 16.2 Å². The van der Waals surface area contributed by atoms with Crippen LogP contribution in [0.3, 0.4) is 0 Å².